The third kappa shape index (κ3) is 4.11. The zero-order chi connectivity index (χ0) is 26.6. The number of nitrogens with two attached hydrogens (primary N) is 1. The highest BCUT2D eigenvalue weighted by Gasteiger charge is 2.61. The summed E-state index contributed by atoms with van der Waals surface area (Å²) in [6.45, 7) is 17.5. The summed E-state index contributed by atoms with van der Waals surface area (Å²) in [5.74, 6) is 3.02. The highest BCUT2D eigenvalue weighted by atomic mass is 28.5. The second-order valence-corrected chi connectivity index (χ2v) is 19.8. The van der Waals surface area contributed by atoms with Gasteiger partial charge in [-0.05, 0) is 28.1 Å². The monoisotopic (exact) mass is 533 g/mol. The number of aromatic nitrogens is 4. The Morgan fingerprint density at radius 3 is 2.22 bits per heavy atom. The van der Waals surface area contributed by atoms with Crippen molar-refractivity contribution in [2.75, 3.05) is 12.3 Å². The van der Waals surface area contributed by atoms with Crippen LogP contribution in [-0.4, -0.2) is 66.7 Å². The third-order valence-electron chi connectivity index (χ3n) is 7.53. The minimum absolute atomic E-state index is 0.123. The van der Waals surface area contributed by atoms with Gasteiger partial charge in [-0.15, -0.1) is 6.42 Å². The fraction of sp³-hybridized carbons (Fsp3) is 0.708. The Kier molecular flexibility index (Phi) is 7.39. The number of hydrogen-bond donors (Lipinski definition) is 2. The van der Waals surface area contributed by atoms with Crippen LogP contribution in [0.2, 0.25) is 22.2 Å². The number of rotatable bonds is 5. The number of fused-ring (bicyclic) bond motifs is 2. The fourth-order valence-electron chi connectivity index (χ4n) is 5.62. The smallest absolute Gasteiger partial charge is 0.335 e. The van der Waals surface area contributed by atoms with Gasteiger partial charge in [-0.25, -0.2) is 15.0 Å². The van der Waals surface area contributed by atoms with Crippen LogP contribution in [0.3, 0.4) is 0 Å². The predicted octanol–water partition coefficient (Wildman–Crippen LogP) is 3.60. The van der Waals surface area contributed by atoms with Gasteiger partial charge in [-0.2, -0.15) is 0 Å². The summed E-state index contributed by atoms with van der Waals surface area (Å²) in [7, 11) is -5.66. The van der Waals surface area contributed by atoms with Crippen LogP contribution >= 0.6 is 0 Å². The molecule has 0 spiro atoms. The number of anilines is 1. The zero-order valence-corrected chi connectivity index (χ0v) is 24.4. The van der Waals surface area contributed by atoms with E-state index < -0.39 is 41.7 Å². The third-order valence-corrected chi connectivity index (χ3v) is 17.8. The minimum Gasteiger partial charge on any atom is -0.414 e. The Balaban J connectivity index is 1.83. The van der Waals surface area contributed by atoms with E-state index in [1.165, 1.54) is 6.33 Å². The van der Waals surface area contributed by atoms with Crippen LogP contribution < -0.4 is 5.73 Å². The molecular formula is C24H39N5O5Si2. The highest BCUT2D eigenvalue weighted by Crippen LogP contribution is 2.48. The molecule has 2 aromatic rings. The second-order valence-electron chi connectivity index (χ2n) is 11.0. The molecule has 0 aromatic carbocycles. The molecule has 3 N–H and O–H groups in total. The molecule has 0 radical (unpaired) electrons. The lowest BCUT2D eigenvalue weighted by Crippen LogP contribution is -2.65. The van der Waals surface area contributed by atoms with Crippen LogP contribution in [0.15, 0.2) is 6.33 Å². The Hall–Kier alpha value is -1.86. The quantitative estimate of drug-likeness (QED) is 0.438. The molecule has 0 aliphatic carbocycles. The molecule has 10 nitrogen and oxygen atoms in total. The van der Waals surface area contributed by atoms with Gasteiger partial charge in [0.15, 0.2) is 29.0 Å². The number of aliphatic hydroxyl groups is 1. The predicted molar refractivity (Wildman–Crippen MR) is 141 cm³/mol. The van der Waals surface area contributed by atoms with Crippen LogP contribution in [0.1, 0.15) is 67.4 Å². The SMILES string of the molecule is C#Cc1nc2c(N)ncnc2n1[C@@H]1O[C@@H]2CO[Si](C(C)C)(C(C)C)O[Si](C(C)C)(C(C)C)O[C@H]2[C@H]1O. The van der Waals surface area contributed by atoms with Gasteiger partial charge in [0.25, 0.3) is 0 Å². The van der Waals surface area contributed by atoms with E-state index in [2.05, 4.69) is 76.3 Å². The van der Waals surface area contributed by atoms with E-state index in [1.807, 2.05) is 0 Å². The maximum Gasteiger partial charge on any atom is 0.335 e. The summed E-state index contributed by atoms with van der Waals surface area (Å²) in [4.78, 5) is 12.8. The van der Waals surface area contributed by atoms with E-state index in [1.54, 1.807) is 4.57 Å². The van der Waals surface area contributed by atoms with E-state index in [-0.39, 0.29) is 40.4 Å². The van der Waals surface area contributed by atoms with Crippen molar-refractivity contribution >= 4 is 34.1 Å². The lowest BCUT2D eigenvalue weighted by atomic mass is 10.1. The molecule has 0 unspecified atom stereocenters. The van der Waals surface area contributed by atoms with Crippen LogP contribution in [0.5, 0.6) is 0 Å². The average molecular weight is 534 g/mol. The normalized spacial score (nSPS) is 28.0. The molecule has 4 rings (SSSR count). The maximum absolute atomic E-state index is 11.6. The highest BCUT2D eigenvalue weighted by molar-refractivity contribution is 6.84. The Labute approximate surface area is 215 Å². The topological polar surface area (TPSA) is 127 Å². The molecule has 2 aromatic heterocycles. The number of nitrogens with zero attached hydrogens (tertiary/aromatic N) is 4. The van der Waals surface area contributed by atoms with Crippen LogP contribution in [0.25, 0.3) is 11.2 Å². The van der Waals surface area contributed by atoms with E-state index in [0.717, 1.165) is 0 Å². The number of imidazole rings is 1. The number of ether oxygens (including phenoxy) is 1. The average Bonchev–Trinajstić information content (AvgIpc) is 3.31. The lowest BCUT2D eigenvalue weighted by Gasteiger charge is -2.51. The van der Waals surface area contributed by atoms with Crippen molar-refractivity contribution in [1.29, 1.82) is 0 Å². The number of terminal acetylenes is 1. The van der Waals surface area contributed by atoms with Gasteiger partial charge >= 0.3 is 17.1 Å². The van der Waals surface area contributed by atoms with Gasteiger partial charge in [0, 0.05) is 0 Å². The minimum atomic E-state index is -2.92. The summed E-state index contributed by atoms with van der Waals surface area (Å²) in [6, 6.07) is 0. The van der Waals surface area contributed by atoms with Crippen molar-refractivity contribution in [2.24, 2.45) is 0 Å². The first-order chi connectivity index (χ1) is 16.9. The summed E-state index contributed by atoms with van der Waals surface area (Å²) in [5.41, 5.74) is 7.44. The summed E-state index contributed by atoms with van der Waals surface area (Å²) >= 11 is 0. The molecule has 2 fully saturated rings. The van der Waals surface area contributed by atoms with Crippen LogP contribution in [0, 0.1) is 12.3 Å². The molecule has 4 atom stereocenters. The molecule has 0 saturated carbocycles. The Bertz CT molecular complexity index is 1130. The van der Waals surface area contributed by atoms with Crippen molar-refractivity contribution in [2.45, 2.75) is 102 Å². The lowest BCUT2D eigenvalue weighted by molar-refractivity contribution is -0.0573. The summed E-state index contributed by atoms with van der Waals surface area (Å²) < 4.78 is 29.0. The van der Waals surface area contributed by atoms with Gasteiger partial charge in [0.1, 0.15) is 24.6 Å². The number of nitrogen functional groups attached to an aromatic ring is 1. The molecule has 36 heavy (non-hydrogen) atoms. The van der Waals surface area contributed by atoms with E-state index in [4.69, 9.17) is 29.9 Å². The molecule has 2 aliphatic heterocycles. The van der Waals surface area contributed by atoms with E-state index in [0.29, 0.717) is 11.2 Å². The second kappa shape index (κ2) is 9.79. The molecule has 0 bridgehead atoms. The molecule has 0 amide bonds. The van der Waals surface area contributed by atoms with Gasteiger partial charge in [0.05, 0.1) is 6.61 Å². The molecular weight excluding hydrogens is 494 g/mol. The first-order valence-electron chi connectivity index (χ1n) is 12.7. The van der Waals surface area contributed by atoms with Crippen molar-refractivity contribution in [1.82, 2.24) is 19.5 Å². The van der Waals surface area contributed by atoms with Crippen molar-refractivity contribution in [3.63, 3.8) is 0 Å². The Morgan fingerprint density at radius 1 is 1.06 bits per heavy atom. The largest absolute Gasteiger partial charge is 0.414 e. The molecule has 4 heterocycles. The van der Waals surface area contributed by atoms with E-state index >= 15 is 0 Å². The van der Waals surface area contributed by atoms with Crippen molar-refractivity contribution < 1.29 is 22.8 Å². The van der Waals surface area contributed by atoms with Crippen LogP contribution in [-0.2, 0) is 17.7 Å². The first kappa shape index (κ1) is 27.2. The van der Waals surface area contributed by atoms with Crippen molar-refractivity contribution in [3.8, 4) is 12.3 Å². The Morgan fingerprint density at radius 2 is 1.67 bits per heavy atom. The van der Waals surface area contributed by atoms with Gasteiger partial charge < -0.3 is 28.5 Å². The fourth-order valence-corrected chi connectivity index (χ4v) is 16.8. The van der Waals surface area contributed by atoms with Gasteiger partial charge in [-0.1, -0.05) is 55.4 Å². The maximum atomic E-state index is 11.6. The summed E-state index contributed by atoms with van der Waals surface area (Å²) in [5, 5.41) is 11.6. The molecule has 2 aliphatic rings. The molecule has 2 saturated heterocycles. The van der Waals surface area contributed by atoms with Gasteiger partial charge in [0.2, 0.25) is 0 Å². The number of aliphatic hydroxyl groups excluding tert-OH is 1. The van der Waals surface area contributed by atoms with E-state index in [9.17, 15) is 5.11 Å². The summed E-state index contributed by atoms with van der Waals surface area (Å²) in [6.07, 6.45) is 3.99. The van der Waals surface area contributed by atoms with Crippen molar-refractivity contribution in [3.05, 3.63) is 12.2 Å². The first-order valence-corrected chi connectivity index (χ1v) is 16.6. The van der Waals surface area contributed by atoms with Crippen LogP contribution in [0.4, 0.5) is 5.82 Å². The standard InChI is InChI=1S/C24H39N5O5Si2/c1-10-18-28-19-22(25)26-12-27-23(19)29(18)24-20(30)21-17(32-24)11-31-35(13(2)3,14(4)5)34-36(33-21,15(6)7)16(8)9/h1,12-17,20-21,24,30H,11H2,2-9H3,(H2,25,26,27)/t17-,20-,21-,24-/m1/s1. The molecule has 12 heteroatoms. The van der Waals surface area contributed by atoms with Gasteiger partial charge in [-0.3, -0.25) is 4.57 Å². The number of hydrogen-bond acceptors (Lipinski definition) is 9. The molecule has 198 valence electrons. The zero-order valence-electron chi connectivity index (χ0n) is 22.4.